The van der Waals surface area contributed by atoms with Gasteiger partial charge < -0.3 is 10.5 Å². The SMILES string of the molecule is Cc1ccc(C(C)C)cc1OCc1cccc(CN)c1. The van der Waals surface area contributed by atoms with E-state index in [1.165, 1.54) is 11.1 Å². The summed E-state index contributed by atoms with van der Waals surface area (Å²) in [5.74, 6) is 1.48. The number of rotatable bonds is 5. The molecule has 2 nitrogen and oxygen atoms in total. The number of ether oxygens (including phenoxy) is 1. The molecule has 20 heavy (non-hydrogen) atoms. The summed E-state index contributed by atoms with van der Waals surface area (Å²) in [4.78, 5) is 0. The van der Waals surface area contributed by atoms with Gasteiger partial charge in [0.1, 0.15) is 12.4 Å². The van der Waals surface area contributed by atoms with Crippen LogP contribution in [-0.2, 0) is 13.2 Å². The van der Waals surface area contributed by atoms with Crippen LogP contribution in [0, 0.1) is 6.92 Å². The van der Waals surface area contributed by atoms with E-state index in [1.54, 1.807) is 0 Å². The molecule has 2 heteroatoms. The first-order chi connectivity index (χ1) is 9.60. The Balaban J connectivity index is 2.11. The van der Waals surface area contributed by atoms with Crippen LogP contribution in [0.25, 0.3) is 0 Å². The summed E-state index contributed by atoms with van der Waals surface area (Å²) < 4.78 is 5.97. The van der Waals surface area contributed by atoms with Crippen LogP contribution in [0.2, 0.25) is 0 Å². The average molecular weight is 269 g/mol. The number of hydrogen-bond acceptors (Lipinski definition) is 2. The minimum absolute atomic E-state index is 0.513. The summed E-state index contributed by atoms with van der Waals surface area (Å²) in [7, 11) is 0. The summed E-state index contributed by atoms with van der Waals surface area (Å²) >= 11 is 0. The lowest BCUT2D eigenvalue weighted by molar-refractivity contribution is 0.303. The van der Waals surface area contributed by atoms with Gasteiger partial charge >= 0.3 is 0 Å². The fourth-order valence-corrected chi connectivity index (χ4v) is 2.14. The van der Waals surface area contributed by atoms with Crippen LogP contribution in [0.4, 0.5) is 0 Å². The number of benzene rings is 2. The van der Waals surface area contributed by atoms with Crippen LogP contribution in [0.5, 0.6) is 5.75 Å². The molecule has 0 aliphatic carbocycles. The predicted molar refractivity (Wildman–Crippen MR) is 83.9 cm³/mol. The van der Waals surface area contributed by atoms with Gasteiger partial charge in [0.15, 0.2) is 0 Å². The molecule has 0 fully saturated rings. The zero-order valence-corrected chi connectivity index (χ0v) is 12.5. The fraction of sp³-hybridized carbons (Fsp3) is 0.333. The normalized spacial score (nSPS) is 10.8. The second-order valence-electron chi connectivity index (χ2n) is 5.49. The van der Waals surface area contributed by atoms with E-state index in [0.717, 1.165) is 16.9 Å². The van der Waals surface area contributed by atoms with Crippen molar-refractivity contribution in [2.75, 3.05) is 0 Å². The molecule has 0 heterocycles. The van der Waals surface area contributed by atoms with Crippen molar-refractivity contribution in [1.29, 1.82) is 0 Å². The first kappa shape index (κ1) is 14.6. The molecule has 2 rings (SSSR count). The van der Waals surface area contributed by atoms with Crippen molar-refractivity contribution in [3.8, 4) is 5.75 Å². The summed E-state index contributed by atoms with van der Waals surface area (Å²) in [5.41, 5.74) is 10.4. The topological polar surface area (TPSA) is 35.2 Å². The fourth-order valence-electron chi connectivity index (χ4n) is 2.14. The lowest BCUT2D eigenvalue weighted by Gasteiger charge is -2.13. The van der Waals surface area contributed by atoms with Gasteiger partial charge in [-0.05, 0) is 41.2 Å². The Morgan fingerprint density at radius 2 is 1.80 bits per heavy atom. The van der Waals surface area contributed by atoms with Crippen LogP contribution in [0.1, 0.15) is 42.0 Å². The van der Waals surface area contributed by atoms with Crippen molar-refractivity contribution in [2.45, 2.75) is 39.8 Å². The smallest absolute Gasteiger partial charge is 0.122 e. The maximum Gasteiger partial charge on any atom is 0.122 e. The molecule has 0 aromatic heterocycles. The Kier molecular flexibility index (Phi) is 4.80. The minimum Gasteiger partial charge on any atom is -0.489 e. The van der Waals surface area contributed by atoms with Gasteiger partial charge in [0.2, 0.25) is 0 Å². The molecular formula is C18H23NO. The van der Waals surface area contributed by atoms with Crippen LogP contribution in [-0.4, -0.2) is 0 Å². The molecule has 0 amide bonds. The van der Waals surface area contributed by atoms with E-state index in [9.17, 15) is 0 Å². The number of aryl methyl sites for hydroxylation is 1. The van der Waals surface area contributed by atoms with Gasteiger partial charge in [-0.25, -0.2) is 0 Å². The molecule has 0 unspecified atom stereocenters. The second kappa shape index (κ2) is 6.58. The zero-order chi connectivity index (χ0) is 14.5. The molecule has 0 atom stereocenters. The van der Waals surface area contributed by atoms with E-state index in [2.05, 4.69) is 51.1 Å². The van der Waals surface area contributed by atoms with Crippen molar-refractivity contribution in [1.82, 2.24) is 0 Å². The molecule has 0 saturated carbocycles. The highest BCUT2D eigenvalue weighted by molar-refractivity contribution is 5.38. The molecular weight excluding hydrogens is 246 g/mol. The number of nitrogens with two attached hydrogens (primary N) is 1. The van der Waals surface area contributed by atoms with Gasteiger partial charge in [0, 0.05) is 6.54 Å². The largest absolute Gasteiger partial charge is 0.489 e. The Labute approximate surface area is 121 Å². The molecule has 106 valence electrons. The third-order valence-corrected chi connectivity index (χ3v) is 3.50. The molecule has 0 bridgehead atoms. The molecule has 0 radical (unpaired) electrons. The van der Waals surface area contributed by atoms with Crippen LogP contribution >= 0.6 is 0 Å². The molecule has 0 saturated heterocycles. The van der Waals surface area contributed by atoms with Crippen molar-refractivity contribution < 1.29 is 4.74 Å². The first-order valence-corrected chi connectivity index (χ1v) is 7.11. The molecule has 2 aromatic carbocycles. The Hall–Kier alpha value is -1.80. The Morgan fingerprint density at radius 3 is 2.50 bits per heavy atom. The zero-order valence-electron chi connectivity index (χ0n) is 12.5. The van der Waals surface area contributed by atoms with Crippen molar-refractivity contribution >= 4 is 0 Å². The van der Waals surface area contributed by atoms with E-state index in [-0.39, 0.29) is 0 Å². The monoisotopic (exact) mass is 269 g/mol. The lowest BCUT2D eigenvalue weighted by Crippen LogP contribution is -2.01. The maximum atomic E-state index is 5.97. The van der Waals surface area contributed by atoms with E-state index in [4.69, 9.17) is 10.5 Å². The standard InChI is InChI=1S/C18H23NO/c1-13(2)17-8-7-14(3)18(10-17)20-12-16-6-4-5-15(9-16)11-19/h4-10,13H,11-12,19H2,1-3H3. The van der Waals surface area contributed by atoms with E-state index < -0.39 is 0 Å². The van der Waals surface area contributed by atoms with Crippen LogP contribution in [0.15, 0.2) is 42.5 Å². The van der Waals surface area contributed by atoms with Crippen LogP contribution < -0.4 is 10.5 Å². The third-order valence-electron chi connectivity index (χ3n) is 3.50. The van der Waals surface area contributed by atoms with Crippen molar-refractivity contribution in [3.05, 3.63) is 64.7 Å². The summed E-state index contributed by atoms with van der Waals surface area (Å²) in [6.07, 6.45) is 0. The van der Waals surface area contributed by atoms with Gasteiger partial charge in [-0.15, -0.1) is 0 Å². The highest BCUT2D eigenvalue weighted by Crippen LogP contribution is 2.25. The van der Waals surface area contributed by atoms with Gasteiger partial charge in [-0.1, -0.05) is 50.2 Å². The van der Waals surface area contributed by atoms with Gasteiger partial charge in [-0.3, -0.25) is 0 Å². The van der Waals surface area contributed by atoms with Gasteiger partial charge in [0.25, 0.3) is 0 Å². The highest BCUT2D eigenvalue weighted by Gasteiger charge is 2.05. The van der Waals surface area contributed by atoms with Crippen molar-refractivity contribution in [3.63, 3.8) is 0 Å². The van der Waals surface area contributed by atoms with Gasteiger partial charge in [0.05, 0.1) is 0 Å². The van der Waals surface area contributed by atoms with Gasteiger partial charge in [-0.2, -0.15) is 0 Å². The maximum absolute atomic E-state index is 5.97. The lowest BCUT2D eigenvalue weighted by atomic mass is 10.0. The number of hydrogen-bond donors (Lipinski definition) is 1. The summed E-state index contributed by atoms with van der Waals surface area (Å²) in [6, 6.07) is 14.7. The second-order valence-corrected chi connectivity index (χ2v) is 5.49. The van der Waals surface area contributed by atoms with E-state index >= 15 is 0 Å². The van der Waals surface area contributed by atoms with Crippen LogP contribution in [0.3, 0.4) is 0 Å². The summed E-state index contributed by atoms with van der Waals surface area (Å²) in [5, 5.41) is 0. The molecule has 0 spiro atoms. The molecule has 0 aliphatic heterocycles. The predicted octanol–water partition coefficient (Wildman–Crippen LogP) is 4.16. The Bertz CT molecular complexity index is 575. The average Bonchev–Trinajstić information content (AvgIpc) is 2.46. The Morgan fingerprint density at radius 1 is 1.05 bits per heavy atom. The summed E-state index contributed by atoms with van der Waals surface area (Å²) in [6.45, 7) is 7.61. The third kappa shape index (κ3) is 3.61. The molecule has 0 aliphatic rings. The highest BCUT2D eigenvalue weighted by atomic mass is 16.5. The molecule has 2 N–H and O–H groups in total. The van der Waals surface area contributed by atoms with E-state index in [1.807, 2.05) is 12.1 Å². The minimum atomic E-state index is 0.513. The first-order valence-electron chi connectivity index (χ1n) is 7.11. The quantitative estimate of drug-likeness (QED) is 0.884. The molecule has 2 aromatic rings. The van der Waals surface area contributed by atoms with Crippen molar-refractivity contribution in [2.24, 2.45) is 5.73 Å². The van der Waals surface area contributed by atoms with E-state index in [0.29, 0.717) is 19.1 Å².